The van der Waals surface area contributed by atoms with Crippen LogP contribution in [0, 0.1) is 0 Å². The minimum absolute atomic E-state index is 0.0709. The standard InChI is InChI=1S/C20H22N2O3/c1-25-14-9-8-13-5-4-10-22(18(13)11-14)20(24)16-12-19(23)21-17-7-3-2-6-15(16)17/h8-9,11-12H,2-7,10H2,1H3,(H,21,23). The highest BCUT2D eigenvalue weighted by molar-refractivity contribution is 6.08. The Morgan fingerprint density at radius 2 is 1.96 bits per heavy atom. The largest absolute Gasteiger partial charge is 0.497 e. The molecule has 1 N–H and O–H groups in total. The zero-order chi connectivity index (χ0) is 17.4. The lowest BCUT2D eigenvalue weighted by Gasteiger charge is -2.31. The molecule has 1 aliphatic carbocycles. The van der Waals surface area contributed by atoms with Crippen molar-refractivity contribution >= 4 is 11.6 Å². The summed E-state index contributed by atoms with van der Waals surface area (Å²) in [5.74, 6) is 0.671. The molecule has 0 fully saturated rings. The first kappa shape index (κ1) is 15.9. The zero-order valence-electron chi connectivity index (χ0n) is 14.4. The molecule has 5 nitrogen and oxygen atoms in total. The van der Waals surface area contributed by atoms with Gasteiger partial charge >= 0.3 is 0 Å². The second kappa shape index (κ2) is 6.39. The van der Waals surface area contributed by atoms with Gasteiger partial charge in [-0.3, -0.25) is 9.59 Å². The zero-order valence-corrected chi connectivity index (χ0v) is 14.4. The third-order valence-corrected chi connectivity index (χ3v) is 5.23. The number of amides is 1. The van der Waals surface area contributed by atoms with E-state index in [2.05, 4.69) is 4.98 Å². The summed E-state index contributed by atoms with van der Waals surface area (Å²) >= 11 is 0. The predicted molar refractivity (Wildman–Crippen MR) is 96.7 cm³/mol. The lowest BCUT2D eigenvalue weighted by Crippen LogP contribution is -2.37. The van der Waals surface area contributed by atoms with Crippen molar-refractivity contribution in [1.82, 2.24) is 4.98 Å². The van der Waals surface area contributed by atoms with E-state index >= 15 is 0 Å². The number of pyridine rings is 1. The maximum absolute atomic E-state index is 13.3. The number of ether oxygens (including phenoxy) is 1. The van der Waals surface area contributed by atoms with Crippen molar-refractivity contribution in [3.8, 4) is 5.75 Å². The van der Waals surface area contributed by atoms with E-state index in [1.165, 1.54) is 6.07 Å². The number of aromatic amines is 1. The third kappa shape index (κ3) is 2.84. The van der Waals surface area contributed by atoms with Gasteiger partial charge in [-0.15, -0.1) is 0 Å². The molecule has 0 bridgehead atoms. The number of methoxy groups -OCH3 is 1. The maximum atomic E-state index is 13.3. The molecule has 130 valence electrons. The highest BCUT2D eigenvalue weighted by Gasteiger charge is 2.27. The molecule has 0 atom stereocenters. The Balaban J connectivity index is 1.79. The number of rotatable bonds is 2. The molecule has 1 aromatic heterocycles. The minimum atomic E-state index is -0.188. The number of hydrogen-bond acceptors (Lipinski definition) is 3. The number of nitrogens with one attached hydrogen (secondary N) is 1. The van der Waals surface area contributed by atoms with Crippen LogP contribution in [-0.4, -0.2) is 24.5 Å². The molecule has 0 spiro atoms. The Hall–Kier alpha value is -2.56. The van der Waals surface area contributed by atoms with Crippen LogP contribution in [0.25, 0.3) is 0 Å². The lowest BCUT2D eigenvalue weighted by molar-refractivity contribution is 0.0983. The molecule has 4 rings (SSSR count). The van der Waals surface area contributed by atoms with E-state index in [1.54, 1.807) is 7.11 Å². The summed E-state index contributed by atoms with van der Waals surface area (Å²) in [4.78, 5) is 30.1. The Bertz CT molecular complexity index is 885. The molecule has 2 aromatic rings. The molecular formula is C20H22N2O3. The monoisotopic (exact) mass is 338 g/mol. The average Bonchev–Trinajstić information content (AvgIpc) is 2.65. The SMILES string of the molecule is COc1ccc2c(c1)N(C(=O)c1cc(=O)[nH]c3c1CCCC3)CCC2. The summed E-state index contributed by atoms with van der Waals surface area (Å²) < 4.78 is 5.33. The van der Waals surface area contributed by atoms with E-state index in [4.69, 9.17) is 4.74 Å². The van der Waals surface area contributed by atoms with E-state index < -0.39 is 0 Å². The Morgan fingerprint density at radius 1 is 1.12 bits per heavy atom. The first-order valence-corrected chi connectivity index (χ1v) is 8.91. The summed E-state index contributed by atoms with van der Waals surface area (Å²) in [5, 5.41) is 0. The number of anilines is 1. The summed E-state index contributed by atoms with van der Waals surface area (Å²) in [6.07, 6.45) is 5.70. The van der Waals surface area contributed by atoms with Gasteiger partial charge in [0.15, 0.2) is 0 Å². The number of nitrogens with zero attached hydrogens (tertiary/aromatic N) is 1. The Labute approximate surface area is 146 Å². The Morgan fingerprint density at radius 3 is 2.80 bits per heavy atom. The van der Waals surface area contributed by atoms with Crippen molar-refractivity contribution in [3.05, 3.63) is 57.0 Å². The summed E-state index contributed by atoms with van der Waals surface area (Å²) in [5.41, 5.74) is 4.39. The number of H-pyrrole nitrogens is 1. The van der Waals surface area contributed by atoms with Gasteiger partial charge in [0.05, 0.1) is 18.4 Å². The van der Waals surface area contributed by atoms with Crippen molar-refractivity contribution in [2.75, 3.05) is 18.6 Å². The number of benzene rings is 1. The van der Waals surface area contributed by atoms with Gasteiger partial charge < -0.3 is 14.6 Å². The van der Waals surface area contributed by atoms with Crippen LogP contribution in [-0.2, 0) is 19.3 Å². The Kier molecular flexibility index (Phi) is 4.07. The van der Waals surface area contributed by atoms with Crippen molar-refractivity contribution in [3.63, 3.8) is 0 Å². The molecule has 1 aliphatic heterocycles. The van der Waals surface area contributed by atoms with E-state index in [0.717, 1.165) is 66.8 Å². The van der Waals surface area contributed by atoms with Crippen molar-refractivity contribution in [2.45, 2.75) is 38.5 Å². The van der Waals surface area contributed by atoms with Gasteiger partial charge in [0.2, 0.25) is 5.56 Å². The second-order valence-corrected chi connectivity index (χ2v) is 6.77. The van der Waals surface area contributed by atoms with Crippen LogP contribution in [0.5, 0.6) is 5.75 Å². The summed E-state index contributed by atoms with van der Waals surface area (Å²) in [6, 6.07) is 7.36. The van der Waals surface area contributed by atoms with Crippen LogP contribution in [0.1, 0.15) is 46.4 Å². The molecule has 1 amide bonds. The van der Waals surface area contributed by atoms with E-state index in [1.807, 2.05) is 23.1 Å². The van der Waals surface area contributed by atoms with Gasteiger partial charge in [-0.1, -0.05) is 6.07 Å². The van der Waals surface area contributed by atoms with Crippen molar-refractivity contribution in [1.29, 1.82) is 0 Å². The molecule has 2 aliphatic rings. The van der Waals surface area contributed by atoms with Crippen molar-refractivity contribution in [2.24, 2.45) is 0 Å². The topological polar surface area (TPSA) is 62.4 Å². The molecule has 25 heavy (non-hydrogen) atoms. The van der Waals surface area contributed by atoms with Gasteiger partial charge in [0, 0.05) is 24.4 Å². The van der Waals surface area contributed by atoms with Crippen LogP contribution < -0.4 is 15.2 Å². The summed E-state index contributed by atoms with van der Waals surface area (Å²) in [7, 11) is 1.63. The fraction of sp³-hybridized carbons (Fsp3) is 0.400. The first-order valence-electron chi connectivity index (χ1n) is 8.91. The van der Waals surface area contributed by atoms with Gasteiger partial charge in [0.25, 0.3) is 5.91 Å². The number of carbonyl (C=O) groups is 1. The van der Waals surface area contributed by atoms with Gasteiger partial charge in [-0.2, -0.15) is 0 Å². The third-order valence-electron chi connectivity index (χ3n) is 5.23. The minimum Gasteiger partial charge on any atom is -0.497 e. The molecule has 5 heteroatoms. The van der Waals surface area contributed by atoms with Gasteiger partial charge in [0.1, 0.15) is 5.75 Å². The molecule has 2 heterocycles. The number of hydrogen-bond donors (Lipinski definition) is 1. The second-order valence-electron chi connectivity index (χ2n) is 6.77. The first-order chi connectivity index (χ1) is 12.2. The fourth-order valence-corrected chi connectivity index (χ4v) is 3.97. The van der Waals surface area contributed by atoms with Gasteiger partial charge in [-0.25, -0.2) is 0 Å². The average molecular weight is 338 g/mol. The quantitative estimate of drug-likeness (QED) is 0.916. The molecule has 0 radical (unpaired) electrons. The number of aryl methyl sites for hydroxylation is 2. The number of carbonyl (C=O) groups excluding carboxylic acids is 1. The van der Waals surface area contributed by atoms with Crippen LogP contribution in [0.4, 0.5) is 5.69 Å². The van der Waals surface area contributed by atoms with E-state index in [-0.39, 0.29) is 11.5 Å². The summed E-state index contributed by atoms with van der Waals surface area (Å²) in [6.45, 7) is 0.667. The molecule has 0 saturated heterocycles. The molecule has 1 aromatic carbocycles. The van der Waals surface area contributed by atoms with Crippen LogP contribution in [0.3, 0.4) is 0 Å². The molecule has 0 saturated carbocycles. The van der Waals surface area contributed by atoms with Crippen LogP contribution in [0.15, 0.2) is 29.1 Å². The van der Waals surface area contributed by atoms with Crippen molar-refractivity contribution < 1.29 is 9.53 Å². The molecule has 0 unspecified atom stereocenters. The fourth-order valence-electron chi connectivity index (χ4n) is 3.97. The van der Waals surface area contributed by atoms with E-state index in [9.17, 15) is 9.59 Å². The van der Waals surface area contributed by atoms with Crippen LogP contribution in [0.2, 0.25) is 0 Å². The number of fused-ring (bicyclic) bond motifs is 2. The van der Waals surface area contributed by atoms with E-state index in [0.29, 0.717) is 12.1 Å². The molecular weight excluding hydrogens is 316 g/mol. The normalized spacial score (nSPS) is 16.1. The number of aromatic nitrogens is 1. The maximum Gasteiger partial charge on any atom is 0.258 e. The highest BCUT2D eigenvalue weighted by atomic mass is 16.5. The predicted octanol–water partition coefficient (Wildman–Crippen LogP) is 2.86. The lowest BCUT2D eigenvalue weighted by atomic mass is 9.91. The van der Waals surface area contributed by atoms with Crippen LogP contribution >= 0.6 is 0 Å². The smallest absolute Gasteiger partial charge is 0.258 e. The highest BCUT2D eigenvalue weighted by Crippen LogP contribution is 2.33. The van der Waals surface area contributed by atoms with Gasteiger partial charge in [-0.05, 0) is 55.7 Å².